The third-order valence-electron chi connectivity index (χ3n) is 4.01. The molecule has 25 heavy (non-hydrogen) atoms. The zero-order chi connectivity index (χ0) is 19.6. The van der Waals surface area contributed by atoms with Crippen molar-refractivity contribution in [1.82, 2.24) is 0 Å². The minimum Gasteiger partial charge on any atom is -0.481 e. The van der Waals surface area contributed by atoms with E-state index >= 15 is 0 Å². The summed E-state index contributed by atoms with van der Waals surface area (Å²) in [5.41, 5.74) is -0.966. The van der Waals surface area contributed by atoms with Gasteiger partial charge in [0.15, 0.2) is 0 Å². The first-order valence-corrected chi connectivity index (χ1v) is 8.00. The van der Waals surface area contributed by atoms with Crippen LogP contribution in [0.1, 0.15) is 52.9 Å². The van der Waals surface area contributed by atoms with Crippen LogP contribution in [-0.2, 0) is 14.3 Å². The highest BCUT2D eigenvalue weighted by atomic mass is 19.4. The van der Waals surface area contributed by atoms with Crippen molar-refractivity contribution in [3.8, 4) is 0 Å². The number of ether oxygens (including phenoxy) is 1. The van der Waals surface area contributed by atoms with Gasteiger partial charge in [0.25, 0.3) is 0 Å². The Balaban J connectivity index is 2.92. The van der Waals surface area contributed by atoms with Crippen LogP contribution in [0.5, 0.6) is 0 Å². The van der Waals surface area contributed by atoms with Gasteiger partial charge < -0.3 is 9.84 Å². The van der Waals surface area contributed by atoms with E-state index in [9.17, 15) is 36.6 Å². The Kier molecular flexibility index (Phi) is 6.45. The molecule has 0 aromatic carbocycles. The summed E-state index contributed by atoms with van der Waals surface area (Å²) in [6.45, 7) is 4.60. The Morgan fingerprint density at radius 3 is 2.04 bits per heavy atom. The minimum atomic E-state index is -4.57. The van der Waals surface area contributed by atoms with Crippen molar-refractivity contribution < 1.29 is 41.4 Å². The third kappa shape index (κ3) is 7.56. The molecule has 0 aromatic rings. The van der Waals surface area contributed by atoms with Crippen LogP contribution in [-0.4, -0.2) is 34.7 Å². The Hall–Kier alpha value is -1.41. The van der Waals surface area contributed by atoms with Gasteiger partial charge in [-0.25, -0.2) is 8.78 Å². The zero-order valence-electron chi connectivity index (χ0n) is 14.3. The summed E-state index contributed by atoms with van der Waals surface area (Å²) in [7, 11) is 0. The van der Waals surface area contributed by atoms with Gasteiger partial charge in [0.05, 0.1) is 11.8 Å². The normalized spacial score (nSPS) is 20.5. The van der Waals surface area contributed by atoms with Gasteiger partial charge in [0.1, 0.15) is 5.60 Å². The van der Waals surface area contributed by atoms with Crippen LogP contribution in [0, 0.1) is 17.8 Å². The molecule has 0 amide bonds. The number of carboxylic acids is 1. The van der Waals surface area contributed by atoms with E-state index in [0.717, 1.165) is 0 Å². The molecule has 1 N–H and O–H groups in total. The molecule has 1 rings (SSSR count). The van der Waals surface area contributed by atoms with Crippen molar-refractivity contribution in [3.05, 3.63) is 0 Å². The summed E-state index contributed by atoms with van der Waals surface area (Å²) in [5, 5.41) is 9.27. The van der Waals surface area contributed by atoms with E-state index in [1.165, 1.54) is 20.8 Å². The number of alkyl halides is 5. The molecule has 2 atom stereocenters. The number of carboxylic acid groups (broad SMARTS) is 1. The number of carbonyl (C=O) groups excluding carboxylic acids is 1. The second-order valence-corrected chi connectivity index (χ2v) is 7.60. The average Bonchev–Trinajstić information content (AvgIpc) is 2.31. The summed E-state index contributed by atoms with van der Waals surface area (Å²) >= 11 is 0. The monoisotopic (exact) mass is 374 g/mol. The lowest BCUT2D eigenvalue weighted by Gasteiger charge is -2.38. The molecule has 146 valence electrons. The predicted molar refractivity (Wildman–Crippen MR) is 78.0 cm³/mol. The number of halogens is 5. The van der Waals surface area contributed by atoms with Gasteiger partial charge in [-0.1, -0.05) is 0 Å². The van der Waals surface area contributed by atoms with Gasteiger partial charge in [-0.2, -0.15) is 13.2 Å². The first-order valence-electron chi connectivity index (χ1n) is 8.00. The number of hydrogen-bond acceptors (Lipinski definition) is 3. The molecule has 0 aliphatic heterocycles. The Morgan fingerprint density at radius 2 is 1.68 bits per heavy atom. The van der Waals surface area contributed by atoms with Crippen molar-refractivity contribution in [3.63, 3.8) is 0 Å². The zero-order valence-corrected chi connectivity index (χ0v) is 14.3. The molecule has 0 heterocycles. The van der Waals surface area contributed by atoms with E-state index in [1.54, 1.807) is 0 Å². The fourth-order valence-electron chi connectivity index (χ4n) is 2.93. The molecule has 0 bridgehead atoms. The molecule has 0 aromatic heterocycles. The molecule has 1 aliphatic rings. The second-order valence-electron chi connectivity index (χ2n) is 7.60. The van der Waals surface area contributed by atoms with Crippen LogP contribution < -0.4 is 0 Å². The molecule has 1 aliphatic carbocycles. The lowest BCUT2D eigenvalue weighted by molar-refractivity contribution is -0.174. The summed E-state index contributed by atoms with van der Waals surface area (Å²) < 4.78 is 68.4. The molecular formula is C16H23F5O4. The summed E-state index contributed by atoms with van der Waals surface area (Å²) in [6, 6.07) is 0. The number of carbonyl (C=O) groups is 2. The van der Waals surface area contributed by atoms with Crippen LogP contribution in [0.4, 0.5) is 22.0 Å². The predicted octanol–water partition coefficient (Wildman–Crippen LogP) is 4.42. The molecule has 1 fully saturated rings. The van der Waals surface area contributed by atoms with Crippen molar-refractivity contribution in [2.45, 2.75) is 70.6 Å². The topological polar surface area (TPSA) is 63.6 Å². The maximum atomic E-state index is 13.0. The van der Waals surface area contributed by atoms with Gasteiger partial charge in [-0.3, -0.25) is 9.59 Å². The van der Waals surface area contributed by atoms with Gasteiger partial charge in [-0.05, 0) is 39.5 Å². The maximum Gasteiger partial charge on any atom is 0.389 e. The first kappa shape index (κ1) is 21.6. The van der Waals surface area contributed by atoms with Crippen LogP contribution in [0.3, 0.4) is 0 Å². The smallest absolute Gasteiger partial charge is 0.389 e. The molecule has 1 saturated carbocycles. The summed E-state index contributed by atoms with van der Waals surface area (Å²) in [6.07, 6.45) is -7.97. The fourth-order valence-corrected chi connectivity index (χ4v) is 2.93. The minimum absolute atomic E-state index is 0.223. The highest BCUT2D eigenvalue weighted by Crippen LogP contribution is 2.47. The van der Waals surface area contributed by atoms with Gasteiger partial charge in [0.2, 0.25) is 5.92 Å². The van der Waals surface area contributed by atoms with E-state index in [0.29, 0.717) is 0 Å². The second kappa shape index (κ2) is 7.45. The average molecular weight is 374 g/mol. The Morgan fingerprint density at radius 1 is 1.16 bits per heavy atom. The molecule has 0 saturated heterocycles. The van der Waals surface area contributed by atoms with Gasteiger partial charge in [0, 0.05) is 19.3 Å². The summed E-state index contributed by atoms with van der Waals surface area (Å²) in [4.78, 5) is 23.7. The van der Waals surface area contributed by atoms with Crippen LogP contribution in [0.15, 0.2) is 0 Å². The van der Waals surface area contributed by atoms with Crippen molar-refractivity contribution >= 4 is 11.9 Å². The molecule has 9 heteroatoms. The highest BCUT2D eigenvalue weighted by molar-refractivity contribution is 5.81. The van der Waals surface area contributed by atoms with Crippen LogP contribution >= 0.6 is 0 Å². The van der Waals surface area contributed by atoms with E-state index in [2.05, 4.69) is 0 Å². The first-order chi connectivity index (χ1) is 11.1. The van der Waals surface area contributed by atoms with Gasteiger partial charge >= 0.3 is 18.1 Å². The molecule has 4 nitrogen and oxygen atoms in total. The van der Waals surface area contributed by atoms with E-state index in [4.69, 9.17) is 4.74 Å². The third-order valence-corrected chi connectivity index (χ3v) is 4.01. The number of esters is 1. The Bertz CT molecular complexity index is 488. The summed E-state index contributed by atoms with van der Waals surface area (Å²) in [5.74, 6) is -9.02. The molecular weight excluding hydrogens is 351 g/mol. The Labute approximate surface area is 142 Å². The number of aliphatic carboxylic acids is 1. The van der Waals surface area contributed by atoms with Crippen molar-refractivity contribution in [1.29, 1.82) is 0 Å². The van der Waals surface area contributed by atoms with Crippen LogP contribution in [0.25, 0.3) is 0 Å². The lowest BCUT2D eigenvalue weighted by atomic mass is 9.72. The molecule has 0 spiro atoms. The van der Waals surface area contributed by atoms with E-state index in [1.807, 2.05) is 0 Å². The largest absolute Gasteiger partial charge is 0.481 e. The lowest BCUT2D eigenvalue weighted by Crippen LogP contribution is -2.42. The quantitative estimate of drug-likeness (QED) is 0.529. The van der Waals surface area contributed by atoms with E-state index < -0.39 is 73.1 Å². The highest BCUT2D eigenvalue weighted by Gasteiger charge is 2.49. The van der Waals surface area contributed by atoms with Gasteiger partial charge in [-0.15, -0.1) is 0 Å². The molecule has 1 unspecified atom stereocenters. The van der Waals surface area contributed by atoms with Crippen molar-refractivity contribution in [2.75, 3.05) is 0 Å². The number of rotatable bonds is 7. The fraction of sp³-hybridized carbons (Fsp3) is 0.875. The van der Waals surface area contributed by atoms with Crippen molar-refractivity contribution in [2.24, 2.45) is 17.8 Å². The maximum absolute atomic E-state index is 13.0. The van der Waals surface area contributed by atoms with E-state index in [-0.39, 0.29) is 6.42 Å². The van der Waals surface area contributed by atoms with Crippen LogP contribution in [0.2, 0.25) is 0 Å². The molecule has 0 radical (unpaired) electrons. The SMILES string of the molecule is CC(C)(C)OC(=O)[C@H](CC1CC(F)(F)C1)C(CCC(F)(F)F)C(=O)O. The standard InChI is InChI=1S/C16H23F5O4/c1-14(2,3)25-13(24)11(6-9-7-15(17,18)8-9)10(12(22)23)4-5-16(19,20)21/h9-11H,4-8H2,1-3H3,(H,22,23)/t10?,11-/m1/s1. The number of hydrogen-bond donors (Lipinski definition) is 1.